The molecule has 0 aliphatic heterocycles. The first-order valence-electron chi connectivity index (χ1n) is 38.2. The van der Waals surface area contributed by atoms with Gasteiger partial charge in [0.1, 0.15) is 0 Å². The predicted octanol–water partition coefficient (Wildman–Crippen LogP) is 27.9. The molecule has 0 radical (unpaired) electrons. The summed E-state index contributed by atoms with van der Waals surface area (Å²) in [6, 6.07) is 0. The maximum absolute atomic E-state index is 4.34. The van der Waals surface area contributed by atoms with Gasteiger partial charge < -0.3 is 36.0 Å². The second-order valence-electron chi connectivity index (χ2n) is 28.0. The van der Waals surface area contributed by atoms with Crippen LogP contribution in [0.3, 0.4) is 0 Å². The molecule has 2 nitrogen and oxygen atoms in total. The Morgan fingerprint density at radius 2 is 0.241 bits per heavy atom. The summed E-state index contributed by atoms with van der Waals surface area (Å²) in [6.45, 7) is 14.8. The van der Waals surface area contributed by atoms with E-state index in [0.717, 1.165) is 0 Å². The Hall–Kier alpha value is 1.75. The van der Waals surface area contributed by atoms with E-state index in [4.69, 9.17) is 0 Å². The van der Waals surface area contributed by atoms with Crippen LogP contribution in [-0.4, -0.2) is 63.3 Å². The summed E-state index contributed by atoms with van der Waals surface area (Å²) in [5, 5.41) is 0. The normalized spacial score (nSPS) is 11.4. The van der Waals surface area contributed by atoms with E-state index in [-0.39, 0.29) is 41.9 Å². The van der Waals surface area contributed by atoms with Crippen molar-refractivity contribution in [3.63, 3.8) is 0 Å². The van der Waals surface area contributed by atoms with E-state index in [2.05, 4.69) is 75.5 Å². The van der Waals surface area contributed by atoms with Crippen LogP contribution in [0.4, 0.5) is 0 Å². The Kier molecular flexibility index (Phi) is 94.3. The average molecular weight is 1330 g/mol. The van der Waals surface area contributed by atoms with Crippen LogP contribution in [0.25, 0.3) is 0 Å². The number of hydrogen-bond acceptors (Lipinski definition) is 4. The molecule has 0 aromatic heterocycles. The molecule has 0 saturated carbocycles. The minimum atomic E-state index is -0.363. The molecule has 0 heterocycles. The van der Waals surface area contributed by atoms with Gasteiger partial charge in [-0.2, -0.15) is 0 Å². The Balaban J connectivity index is -0.000000456. The molecule has 0 amide bonds. The first-order chi connectivity index (χ1) is 39.7. The molecule has 0 fully saturated rings. The van der Waals surface area contributed by atoms with Gasteiger partial charge in [0, 0.05) is 0 Å². The minimum absolute atomic E-state index is 0. The summed E-state index contributed by atoms with van der Waals surface area (Å²) >= 11 is -0.363. The molecule has 0 atom stereocenters. The molecule has 0 aliphatic carbocycles. The van der Waals surface area contributed by atoms with Crippen molar-refractivity contribution in [2.24, 2.45) is 0 Å². The van der Waals surface area contributed by atoms with Crippen LogP contribution in [0.5, 0.6) is 0 Å². The molecule has 0 aromatic rings. The van der Waals surface area contributed by atoms with Crippen molar-refractivity contribution in [3.8, 4) is 0 Å². The molecule has 0 rings (SSSR count). The first kappa shape index (κ1) is 93.5. The zero-order valence-corrected chi connectivity index (χ0v) is 64.5. The molecule has 7 heteroatoms. The van der Waals surface area contributed by atoms with Crippen molar-refractivity contribution in [2.45, 2.75) is 439 Å². The van der Waals surface area contributed by atoms with Gasteiger partial charge in [0.25, 0.3) is 0 Å². The summed E-state index contributed by atoms with van der Waals surface area (Å²) < 4.78 is 2.49. The third-order valence-corrected chi connectivity index (χ3v) is 18.5. The number of thiol groups is 2. The van der Waals surface area contributed by atoms with Crippen LogP contribution in [-0.2, 0) is 41.9 Å². The van der Waals surface area contributed by atoms with E-state index in [9.17, 15) is 0 Å². The maximum atomic E-state index is 4.34. The van der Waals surface area contributed by atoms with Crippen LogP contribution in [0.15, 0.2) is 0 Å². The van der Waals surface area contributed by atoms with Gasteiger partial charge in [0.15, 0.2) is 0 Å². The first-order valence-corrected chi connectivity index (χ1v) is 43.8. The Labute approximate surface area is 559 Å². The number of rotatable bonds is 68. The summed E-state index contributed by atoms with van der Waals surface area (Å²) in [4.78, 5) is 0. The summed E-state index contributed by atoms with van der Waals surface area (Å²) in [7, 11) is 18.6. The Morgan fingerprint density at radius 3 is 0.325 bits per heavy atom. The van der Waals surface area contributed by atoms with E-state index in [0.29, 0.717) is 0 Å². The molecule has 83 heavy (non-hydrogen) atoms. The Morgan fingerprint density at radius 1 is 0.169 bits per heavy atom. The molecule has 0 saturated heterocycles. The van der Waals surface area contributed by atoms with Gasteiger partial charge in [0.05, 0.1) is 54.4 Å². The van der Waals surface area contributed by atoms with E-state index >= 15 is 0 Å². The van der Waals surface area contributed by atoms with Gasteiger partial charge in [-0.15, -0.1) is 0 Å². The van der Waals surface area contributed by atoms with Gasteiger partial charge in [-0.25, -0.2) is 0 Å². The molecule has 0 unspecified atom stereocenters. The SMILES string of the molecule is CCCCCCCCCCCCCCCCCC[N+](C)(C)CCCCCCCCCCCCCCCCCC.CCCCCCCCCCCCCCCCCC[N+](C)(C)CCCCCCCCCCCCCCCCCC.[SH-].[SH-].[S]=[Mo]=[S]. The second kappa shape index (κ2) is 83.7. The Bertz CT molecular complexity index is 976. The number of quaternary nitrogens is 2. The monoisotopic (exact) mass is 1330 g/mol. The molecule has 506 valence electrons. The van der Waals surface area contributed by atoms with Crippen molar-refractivity contribution in [3.05, 3.63) is 0 Å². The van der Waals surface area contributed by atoms with Crippen molar-refractivity contribution in [2.75, 3.05) is 54.4 Å². The standard InChI is InChI=1S/2C38H80N.Mo.2H2S.2S/c2*1-5-7-9-11-13-15-17-19-21-23-25-27-29-31-33-35-37-39(3,4)38-36-34-32-30-28-26-24-22-20-18-16-14-12-10-8-6-2;;;;;/h2*5-38H2,1-4H3;;2*1H2;;/q2*+1;;;;;/p-2. The quantitative estimate of drug-likeness (QED) is 0.0196. The van der Waals surface area contributed by atoms with Gasteiger partial charge in [0.2, 0.25) is 0 Å². The van der Waals surface area contributed by atoms with Crippen LogP contribution < -0.4 is 0 Å². The summed E-state index contributed by atoms with van der Waals surface area (Å²) in [5.41, 5.74) is 0. The molecular formula is C76H162MoN2S4. The van der Waals surface area contributed by atoms with E-state index in [1.165, 1.54) is 446 Å². The molecule has 0 spiro atoms. The third kappa shape index (κ3) is 92.6. The molecule has 0 aromatic carbocycles. The van der Waals surface area contributed by atoms with Crippen LogP contribution in [0.1, 0.15) is 439 Å². The van der Waals surface area contributed by atoms with E-state index in [1.54, 1.807) is 0 Å². The van der Waals surface area contributed by atoms with Gasteiger partial charge >= 0.3 is 34.6 Å². The van der Waals surface area contributed by atoms with Crippen molar-refractivity contribution >= 4 is 46.6 Å². The van der Waals surface area contributed by atoms with Crippen molar-refractivity contribution in [1.82, 2.24) is 0 Å². The molecule has 0 aliphatic rings. The number of unbranched alkanes of at least 4 members (excludes halogenated alkanes) is 60. The van der Waals surface area contributed by atoms with Crippen molar-refractivity contribution in [1.29, 1.82) is 0 Å². The fraction of sp³-hybridized carbons (Fsp3) is 1.00. The molecular weight excluding hydrogens is 1170 g/mol. The van der Waals surface area contributed by atoms with Crippen molar-refractivity contribution < 1.29 is 23.9 Å². The fourth-order valence-corrected chi connectivity index (χ4v) is 12.6. The van der Waals surface area contributed by atoms with Gasteiger partial charge in [-0.05, 0) is 51.4 Å². The third-order valence-electron chi connectivity index (χ3n) is 18.5. The molecule has 0 bridgehead atoms. The van der Waals surface area contributed by atoms with Gasteiger partial charge in [-0.3, -0.25) is 0 Å². The second-order valence-corrected chi connectivity index (χ2v) is 31.6. The van der Waals surface area contributed by atoms with E-state index < -0.39 is 0 Å². The predicted molar refractivity (Wildman–Crippen MR) is 395 cm³/mol. The van der Waals surface area contributed by atoms with Crippen LogP contribution in [0.2, 0.25) is 0 Å². The zero-order chi connectivity index (χ0) is 59.8. The van der Waals surface area contributed by atoms with Crippen LogP contribution in [0, 0.1) is 0 Å². The van der Waals surface area contributed by atoms with E-state index in [1.807, 2.05) is 0 Å². The van der Waals surface area contributed by atoms with Crippen LogP contribution >= 0.6 is 19.6 Å². The molecule has 0 N–H and O–H groups in total. The average Bonchev–Trinajstić information content (AvgIpc) is 3.45. The number of nitrogens with zero attached hydrogens (tertiary/aromatic N) is 2. The van der Waals surface area contributed by atoms with Gasteiger partial charge in [-0.1, -0.05) is 387 Å². The fourth-order valence-electron chi connectivity index (χ4n) is 12.6. The zero-order valence-electron chi connectivity index (χ0n) is 59.1. The topological polar surface area (TPSA) is 0 Å². The summed E-state index contributed by atoms with van der Waals surface area (Å²) in [5.74, 6) is 0. The summed E-state index contributed by atoms with van der Waals surface area (Å²) in [6.07, 6.45) is 93.9. The number of hydrogen-bond donors (Lipinski definition) is 0.